The molecule has 1 aromatic heterocycles. The van der Waals surface area contributed by atoms with Gasteiger partial charge >= 0.3 is 0 Å². The molecule has 0 amide bonds. The third kappa shape index (κ3) is 3.99. The molecule has 3 heteroatoms. The summed E-state index contributed by atoms with van der Waals surface area (Å²) in [7, 11) is 3.69. The predicted molar refractivity (Wildman–Crippen MR) is 98.7 cm³/mol. The van der Waals surface area contributed by atoms with Crippen molar-refractivity contribution in [3.63, 3.8) is 0 Å². The fourth-order valence-corrected chi connectivity index (χ4v) is 2.41. The van der Waals surface area contributed by atoms with Gasteiger partial charge in [0, 0.05) is 22.0 Å². The first-order chi connectivity index (χ1) is 10.7. The number of ether oxygens (including phenoxy) is 1. The second kappa shape index (κ2) is 9.07. The lowest BCUT2D eigenvalue weighted by Gasteiger charge is -2.07. The lowest BCUT2D eigenvalue weighted by Crippen LogP contribution is -1.91. The molecular formula is C19H23O2P. The average Bonchev–Trinajstić information content (AvgIpc) is 2.56. The van der Waals surface area contributed by atoms with E-state index in [4.69, 9.17) is 9.15 Å². The van der Waals surface area contributed by atoms with E-state index in [0.717, 1.165) is 32.8 Å². The molecule has 0 aliphatic rings. The number of allylic oxidation sites excluding steroid dienone is 4. The fourth-order valence-electron chi connectivity index (χ4n) is 2.00. The number of rotatable bonds is 5. The molecule has 0 bridgehead atoms. The standard InChI is InChI=1S/C17H17O2P.C2H6/c1-4-7-12(5-2)15-11-19-16-10-13(18-6-3)8-9-14(16)17(15)20;1-2/h4-5,7-11,20H,1-2,6H2,3H3;1-2H3/b12-7+;. The van der Waals surface area contributed by atoms with Crippen LogP contribution in [-0.2, 0) is 0 Å². The van der Waals surface area contributed by atoms with Gasteiger partial charge in [-0.1, -0.05) is 45.2 Å². The molecule has 2 rings (SSSR count). The molecule has 0 aliphatic carbocycles. The van der Waals surface area contributed by atoms with Crippen LogP contribution in [0.25, 0.3) is 16.5 Å². The van der Waals surface area contributed by atoms with Crippen LogP contribution in [0.2, 0.25) is 0 Å². The monoisotopic (exact) mass is 314 g/mol. The van der Waals surface area contributed by atoms with Crippen molar-refractivity contribution < 1.29 is 9.15 Å². The molecule has 1 aromatic carbocycles. The Morgan fingerprint density at radius 2 is 2.05 bits per heavy atom. The first-order valence-corrected chi connectivity index (χ1v) is 7.89. The maximum absolute atomic E-state index is 5.71. The van der Waals surface area contributed by atoms with E-state index in [1.165, 1.54) is 0 Å². The Labute approximate surface area is 134 Å². The van der Waals surface area contributed by atoms with E-state index in [1.807, 2.05) is 45.0 Å². The number of fused-ring (bicyclic) bond motifs is 1. The van der Waals surface area contributed by atoms with Crippen molar-refractivity contribution in [3.8, 4) is 5.75 Å². The molecule has 0 fully saturated rings. The molecule has 1 heterocycles. The van der Waals surface area contributed by atoms with Crippen molar-refractivity contribution in [3.05, 3.63) is 66.4 Å². The van der Waals surface area contributed by atoms with Crippen LogP contribution in [0.3, 0.4) is 0 Å². The largest absolute Gasteiger partial charge is 0.494 e. The van der Waals surface area contributed by atoms with E-state index in [9.17, 15) is 0 Å². The Balaban J connectivity index is 0.00000116. The van der Waals surface area contributed by atoms with Crippen LogP contribution in [0.5, 0.6) is 5.75 Å². The molecule has 116 valence electrons. The zero-order valence-corrected chi connectivity index (χ0v) is 14.5. The van der Waals surface area contributed by atoms with Gasteiger partial charge in [-0.3, -0.25) is 0 Å². The Bertz CT molecular complexity index is 739. The van der Waals surface area contributed by atoms with E-state index in [-0.39, 0.29) is 0 Å². The third-order valence-electron chi connectivity index (χ3n) is 2.93. The summed E-state index contributed by atoms with van der Waals surface area (Å²) in [4.78, 5) is 0.960. The van der Waals surface area contributed by atoms with Crippen LogP contribution >= 0.6 is 8.86 Å². The highest BCUT2D eigenvalue weighted by molar-refractivity contribution is 7.07. The van der Waals surface area contributed by atoms with Crippen molar-refractivity contribution in [2.75, 3.05) is 6.61 Å². The summed E-state index contributed by atoms with van der Waals surface area (Å²) < 4.78 is 11.2. The predicted octanol–water partition coefficient (Wildman–Crippen LogP) is 6.29. The van der Waals surface area contributed by atoms with Crippen LogP contribution in [-0.4, -0.2) is 6.61 Å². The Kier molecular flexibility index (Phi) is 7.42. The molecular weight excluding hydrogens is 291 g/mol. The van der Waals surface area contributed by atoms with Gasteiger partial charge in [-0.25, -0.2) is 0 Å². The first-order valence-electron chi connectivity index (χ1n) is 7.39. The van der Waals surface area contributed by atoms with E-state index >= 15 is 0 Å². The van der Waals surface area contributed by atoms with Crippen molar-refractivity contribution >= 4 is 25.4 Å². The van der Waals surface area contributed by atoms with Gasteiger partial charge in [-0.15, -0.1) is 8.86 Å². The van der Waals surface area contributed by atoms with Crippen molar-refractivity contribution in [1.29, 1.82) is 0 Å². The van der Waals surface area contributed by atoms with Gasteiger partial charge in [0.25, 0.3) is 0 Å². The van der Waals surface area contributed by atoms with Gasteiger partial charge in [0.05, 0.1) is 12.9 Å². The zero-order chi connectivity index (χ0) is 16.5. The minimum atomic E-state index is 0.632. The lowest BCUT2D eigenvalue weighted by atomic mass is 10.1. The van der Waals surface area contributed by atoms with E-state index < -0.39 is 0 Å². The highest BCUT2D eigenvalue weighted by Gasteiger charge is 2.06. The van der Waals surface area contributed by atoms with Gasteiger partial charge < -0.3 is 9.15 Å². The van der Waals surface area contributed by atoms with Crippen LogP contribution in [0.15, 0.2) is 60.3 Å². The minimum absolute atomic E-state index is 0.632. The minimum Gasteiger partial charge on any atom is -0.494 e. The second-order valence-corrected chi connectivity index (χ2v) is 4.68. The maximum Gasteiger partial charge on any atom is 0.138 e. The molecule has 0 spiro atoms. The summed E-state index contributed by atoms with van der Waals surface area (Å²) in [5, 5.41) is 0.986. The molecule has 0 unspecified atom stereocenters. The SMILES string of the molecule is C=C/C=C(\C=C)c1coc2cc(OCC)ccc2c1=P.CC. The summed E-state index contributed by atoms with van der Waals surface area (Å²) in [5.74, 6) is 0.799. The normalized spacial score (nSPS) is 10.6. The van der Waals surface area contributed by atoms with Crippen molar-refractivity contribution in [2.24, 2.45) is 0 Å². The van der Waals surface area contributed by atoms with Gasteiger partial charge in [0.15, 0.2) is 0 Å². The summed E-state index contributed by atoms with van der Waals surface area (Å²) in [5.41, 5.74) is 2.66. The smallest absolute Gasteiger partial charge is 0.138 e. The van der Waals surface area contributed by atoms with Gasteiger partial charge in [-0.05, 0) is 24.6 Å². The Hall–Kier alpha value is -2.05. The highest BCUT2D eigenvalue weighted by Crippen LogP contribution is 2.28. The number of hydrogen-bond acceptors (Lipinski definition) is 2. The first kappa shape index (κ1) is 18.0. The molecule has 2 aromatic rings. The summed E-state index contributed by atoms with van der Waals surface area (Å²) >= 11 is 0. The van der Waals surface area contributed by atoms with E-state index in [1.54, 1.807) is 18.4 Å². The lowest BCUT2D eigenvalue weighted by molar-refractivity contribution is 0.340. The Morgan fingerprint density at radius 3 is 2.64 bits per heavy atom. The van der Waals surface area contributed by atoms with Crippen molar-refractivity contribution in [2.45, 2.75) is 20.8 Å². The van der Waals surface area contributed by atoms with Gasteiger partial charge in [0.1, 0.15) is 11.3 Å². The second-order valence-electron chi connectivity index (χ2n) is 4.18. The molecule has 0 N–H and O–H groups in total. The Morgan fingerprint density at radius 1 is 1.32 bits per heavy atom. The quantitative estimate of drug-likeness (QED) is 0.478. The topological polar surface area (TPSA) is 22.4 Å². The van der Waals surface area contributed by atoms with E-state index in [0.29, 0.717) is 6.61 Å². The number of benzene rings is 1. The van der Waals surface area contributed by atoms with E-state index in [2.05, 4.69) is 22.0 Å². The molecule has 0 radical (unpaired) electrons. The average molecular weight is 314 g/mol. The van der Waals surface area contributed by atoms with Crippen LogP contribution in [0.4, 0.5) is 0 Å². The fraction of sp³-hybridized carbons (Fsp3) is 0.211. The summed E-state index contributed by atoms with van der Waals surface area (Å²) in [6.07, 6.45) is 7.10. The molecule has 0 atom stereocenters. The van der Waals surface area contributed by atoms with Gasteiger partial charge in [-0.2, -0.15) is 0 Å². The highest BCUT2D eigenvalue weighted by atomic mass is 31.0. The molecule has 0 aliphatic heterocycles. The zero-order valence-electron chi connectivity index (χ0n) is 13.5. The van der Waals surface area contributed by atoms with Crippen LogP contribution in [0.1, 0.15) is 26.3 Å². The van der Waals surface area contributed by atoms with Crippen LogP contribution in [0, 0.1) is 4.94 Å². The van der Waals surface area contributed by atoms with Gasteiger partial charge in [0.2, 0.25) is 0 Å². The molecule has 0 saturated carbocycles. The molecule has 2 nitrogen and oxygen atoms in total. The summed E-state index contributed by atoms with van der Waals surface area (Å²) in [6.45, 7) is 14.1. The molecule has 0 saturated heterocycles. The number of hydrogen-bond donors (Lipinski definition) is 0. The molecule has 22 heavy (non-hydrogen) atoms. The summed E-state index contributed by atoms with van der Waals surface area (Å²) in [6, 6.07) is 5.79. The van der Waals surface area contributed by atoms with Crippen LogP contribution < -0.4 is 4.74 Å². The third-order valence-corrected chi connectivity index (χ3v) is 3.47. The maximum atomic E-state index is 5.71. The van der Waals surface area contributed by atoms with Crippen molar-refractivity contribution in [1.82, 2.24) is 0 Å².